The van der Waals surface area contributed by atoms with Gasteiger partial charge in [0.05, 0.1) is 22.1 Å². The molecule has 0 amide bonds. The highest BCUT2D eigenvalue weighted by Crippen LogP contribution is 2.46. The van der Waals surface area contributed by atoms with Crippen molar-refractivity contribution in [2.75, 3.05) is 0 Å². The first-order chi connectivity index (χ1) is 32.6. The van der Waals surface area contributed by atoms with Crippen molar-refractivity contribution in [3.8, 4) is 55.9 Å². The lowest BCUT2D eigenvalue weighted by molar-refractivity contribution is 1.18. The molecule has 0 bridgehead atoms. The van der Waals surface area contributed by atoms with Crippen molar-refractivity contribution in [2.24, 2.45) is 0 Å². The number of nitrogens with zero attached hydrogens (tertiary/aromatic N) is 2. The predicted molar refractivity (Wildman–Crippen MR) is 281 cm³/mol. The Bertz CT molecular complexity index is 3750. The summed E-state index contributed by atoms with van der Waals surface area (Å²) in [5, 5.41) is 10.1. The van der Waals surface area contributed by atoms with Crippen LogP contribution in [0.4, 0.5) is 0 Å². The van der Waals surface area contributed by atoms with Gasteiger partial charge in [0.2, 0.25) is 0 Å². The van der Waals surface area contributed by atoms with Crippen molar-refractivity contribution in [3.05, 3.63) is 242 Å². The topological polar surface area (TPSA) is 9.86 Å². The van der Waals surface area contributed by atoms with Crippen LogP contribution in [0.2, 0.25) is 0 Å². The molecule has 0 aliphatic heterocycles. The van der Waals surface area contributed by atoms with Gasteiger partial charge in [-0.05, 0) is 141 Å². The van der Waals surface area contributed by atoms with Crippen LogP contribution in [0.1, 0.15) is 11.1 Å². The van der Waals surface area contributed by atoms with Crippen molar-refractivity contribution in [2.45, 2.75) is 13.8 Å². The van der Waals surface area contributed by atoms with Crippen LogP contribution in [0.25, 0.3) is 121 Å². The summed E-state index contributed by atoms with van der Waals surface area (Å²) in [5.74, 6) is 0. The first-order valence-corrected chi connectivity index (χ1v) is 22.9. The van der Waals surface area contributed by atoms with E-state index in [0.717, 1.165) is 0 Å². The molecule has 0 saturated heterocycles. The number of rotatable bonds is 6. The van der Waals surface area contributed by atoms with Crippen LogP contribution in [0.15, 0.2) is 231 Å². The van der Waals surface area contributed by atoms with E-state index in [4.69, 9.17) is 0 Å². The van der Waals surface area contributed by atoms with Crippen molar-refractivity contribution >= 4 is 65.2 Å². The first-order valence-electron chi connectivity index (χ1n) is 22.9. The molecule has 310 valence electrons. The SMILES string of the molecule is Cc1ccc2c(-c3ccc(-c4ccc5c(c4)c4ccccc4n5-c4ccccc4)cc3)c3cc(C)ccc3c(-c3ccc(-c4ccc5c(c4)c4ccccc4n5-c4ccccc4)cc3)c2c1. The number of fused-ring (bicyclic) bond motifs is 8. The second kappa shape index (κ2) is 15.1. The Labute approximate surface area is 383 Å². The van der Waals surface area contributed by atoms with E-state index in [1.165, 1.54) is 132 Å². The third-order valence-electron chi connectivity index (χ3n) is 13.8. The summed E-state index contributed by atoms with van der Waals surface area (Å²) in [7, 11) is 0. The zero-order valence-corrected chi connectivity index (χ0v) is 36.8. The lowest BCUT2D eigenvalue weighted by Crippen LogP contribution is -1.93. The summed E-state index contributed by atoms with van der Waals surface area (Å²) in [6, 6.07) is 85.2. The van der Waals surface area contributed by atoms with Gasteiger partial charge >= 0.3 is 0 Å². The number of aromatic nitrogens is 2. The number of para-hydroxylation sites is 4. The first kappa shape index (κ1) is 38.0. The molecule has 0 aliphatic carbocycles. The second-order valence-electron chi connectivity index (χ2n) is 17.8. The van der Waals surface area contributed by atoms with E-state index < -0.39 is 0 Å². The van der Waals surface area contributed by atoms with Crippen LogP contribution >= 0.6 is 0 Å². The van der Waals surface area contributed by atoms with Crippen LogP contribution in [0.5, 0.6) is 0 Å². The smallest absolute Gasteiger partial charge is 0.0541 e. The zero-order valence-electron chi connectivity index (χ0n) is 36.8. The standard InChI is InChI=1S/C64H44N2/c1-41-21-33-53-57(37-41)63(45-27-23-43(24-28-45)47-31-35-61-55(39-47)51-17-9-11-19-59(51)65(61)49-13-5-3-6-14-49)54-34-22-42(2)38-58(54)64(53)46-29-25-44(26-30-46)48-32-36-62-56(40-48)52-18-10-12-20-60(52)66(62)50-15-7-4-8-16-50/h3-40H,1-2H3. The highest BCUT2D eigenvalue weighted by molar-refractivity contribution is 6.22. The van der Waals surface area contributed by atoms with Gasteiger partial charge < -0.3 is 9.13 Å². The van der Waals surface area contributed by atoms with Crippen LogP contribution < -0.4 is 0 Å². The number of hydrogen-bond donors (Lipinski definition) is 0. The lowest BCUT2D eigenvalue weighted by Gasteiger charge is -2.19. The van der Waals surface area contributed by atoms with Gasteiger partial charge in [0.1, 0.15) is 0 Å². The molecular weight excluding hydrogens is 797 g/mol. The molecule has 13 rings (SSSR count). The fourth-order valence-electron chi connectivity index (χ4n) is 10.8. The van der Waals surface area contributed by atoms with E-state index in [9.17, 15) is 0 Å². The lowest BCUT2D eigenvalue weighted by atomic mass is 9.84. The average molecular weight is 841 g/mol. The molecule has 0 atom stereocenters. The quantitative estimate of drug-likeness (QED) is 0.148. The minimum atomic E-state index is 1.17. The Hall–Kier alpha value is -8.46. The maximum absolute atomic E-state index is 2.38. The molecule has 0 N–H and O–H groups in total. The van der Waals surface area contributed by atoms with Gasteiger partial charge in [0.15, 0.2) is 0 Å². The maximum Gasteiger partial charge on any atom is 0.0541 e. The molecule has 66 heavy (non-hydrogen) atoms. The Morgan fingerprint density at radius 2 is 0.576 bits per heavy atom. The Morgan fingerprint density at radius 1 is 0.227 bits per heavy atom. The molecule has 0 aliphatic rings. The van der Waals surface area contributed by atoms with Crippen molar-refractivity contribution in [3.63, 3.8) is 0 Å². The molecule has 0 fully saturated rings. The largest absolute Gasteiger partial charge is 0.309 e. The summed E-state index contributed by atoms with van der Waals surface area (Å²) in [4.78, 5) is 0. The maximum atomic E-state index is 2.38. The normalized spacial score (nSPS) is 11.8. The summed E-state index contributed by atoms with van der Waals surface area (Å²) in [6.07, 6.45) is 0. The number of aryl methyl sites for hydroxylation is 2. The second-order valence-corrected chi connectivity index (χ2v) is 17.8. The molecule has 2 aromatic heterocycles. The molecule has 2 heterocycles. The molecule has 11 aromatic carbocycles. The minimum absolute atomic E-state index is 1.17. The molecule has 2 nitrogen and oxygen atoms in total. The summed E-state index contributed by atoms with van der Waals surface area (Å²) in [5.41, 5.74) is 19.5. The summed E-state index contributed by atoms with van der Waals surface area (Å²) < 4.78 is 4.75. The highest BCUT2D eigenvalue weighted by Gasteiger charge is 2.19. The van der Waals surface area contributed by atoms with Crippen molar-refractivity contribution < 1.29 is 0 Å². The van der Waals surface area contributed by atoms with E-state index >= 15 is 0 Å². The minimum Gasteiger partial charge on any atom is -0.309 e. The third kappa shape index (κ3) is 6.03. The van der Waals surface area contributed by atoms with E-state index in [2.05, 4.69) is 254 Å². The van der Waals surface area contributed by atoms with E-state index in [1.54, 1.807) is 0 Å². The third-order valence-corrected chi connectivity index (χ3v) is 13.8. The Kier molecular flexibility index (Phi) is 8.69. The summed E-state index contributed by atoms with van der Waals surface area (Å²) >= 11 is 0. The Balaban J connectivity index is 0.908. The van der Waals surface area contributed by atoms with Gasteiger partial charge in [0.25, 0.3) is 0 Å². The number of benzene rings is 11. The van der Waals surface area contributed by atoms with Crippen LogP contribution in [0, 0.1) is 13.8 Å². The summed E-state index contributed by atoms with van der Waals surface area (Å²) in [6.45, 7) is 4.41. The molecule has 0 radical (unpaired) electrons. The molecule has 0 spiro atoms. The van der Waals surface area contributed by atoms with Gasteiger partial charge in [-0.15, -0.1) is 0 Å². The van der Waals surface area contributed by atoms with Crippen LogP contribution in [0.3, 0.4) is 0 Å². The zero-order chi connectivity index (χ0) is 43.9. The molecule has 0 unspecified atom stereocenters. The van der Waals surface area contributed by atoms with Gasteiger partial charge in [0, 0.05) is 32.9 Å². The van der Waals surface area contributed by atoms with E-state index in [1.807, 2.05) is 0 Å². The fraction of sp³-hybridized carbons (Fsp3) is 0.0312. The number of hydrogen-bond acceptors (Lipinski definition) is 0. The monoisotopic (exact) mass is 840 g/mol. The van der Waals surface area contributed by atoms with E-state index in [0.29, 0.717) is 0 Å². The molecule has 13 aromatic rings. The van der Waals surface area contributed by atoms with Crippen molar-refractivity contribution in [1.82, 2.24) is 9.13 Å². The fourth-order valence-corrected chi connectivity index (χ4v) is 10.8. The van der Waals surface area contributed by atoms with Crippen LogP contribution in [-0.4, -0.2) is 9.13 Å². The van der Waals surface area contributed by atoms with E-state index in [-0.39, 0.29) is 0 Å². The Morgan fingerprint density at radius 3 is 1.00 bits per heavy atom. The van der Waals surface area contributed by atoms with Gasteiger partial charge in [-0.25, -0.2) is 0 Å². The predicted octanol–water partition coefficient (Wildman–Crippen LogP) is 17.5. The average Bonchev–Trinajstić information content (AvgIpc) is 3.88. The molecule has 2 heteroatoms. The van der Waals surface area contributed by atoms with Gasteiger partial charge in [-0.1, -0.05) is 181 Å². The van der Waals surface area contributed by atoms with Gasteiger partial charge in [-0.3, -0.25) is 0 Å². The molecule has 0 saturated carbocycles. The van der Waals surface area contributed by atoms with Gasteiger partial charge in [-0.2, -0.15) is 0 Å². The van der Waals surface area contributed by atoms with Crippen molar-refractivity contribution in [1.29, 1.82) is 0 Å². The van der Waals surface area contributed by atoms with Crippen LogP contribution in [-0.2, 0) is 0 Å². The highest BCUT2D eigenvalue weighted by atomic mass is 15.0. The molecular formula is C64H44N2.